The molecule has 3 amide bonds. The second kappa shape index (κ2) is 9.21. The Balaban J connectivity index is 1.63. The van der Waals surface area contributed by atoms with Crippen molar-refractivity contribution < 1.29 is 19.1 Å². The van der Waals surface area contributed by atoms with Crippen molar-refractivity contribution in [1.29, 1.82) is 0 Å². The van der Waals surface area contributed by atoms with Crippen LogP contribution < -0.4 is 15.4 Å². The Morgan fingerprint density at radius 2 is 2.14 bits per heavy atom. The number of anilines is 2. The van der Waals surface area contributed by atoms with E-state index in [1.54, 1.807) is 35.4 Å². The molecule has 10 heteroatoms. The van der Waals surface area contributed by atoms with Gasteiger partial charge in [0.05, 0.1) is 17.1 Å². The number of likely N-dealkylation sites (tertiary alicyclic amines) is 1. The predicted molar refractivity (Wildman–Crippen MR) is 130 cm³/mol. The quantitative estimate of drug-likeness (QED) is 0.561. The van der Waals surface area contributed by atoms with E-state index in [4.69, 9.17) is 9.72 Å². The zero-order valence-corrected chi connectivity index (χ0v) is 19.4. The minimum Gasteiger partial charge on any atom is -0.481 e. The first-order chi connectivity index (χ1) is 16.9. The molecule has 2 aromatic heterocycles. The molecule has 2 aliphatic heterocycles. The van der Waals surface area contributed by atoms with Gasteiger partial charge in [-0.25, -0.2) is 4.98 Å². The number of amides is 3. The van der Waals surface area contributed by atoms with Gasteiger partial charge in [-0.2, -0.15) is 0 Å². The van der Waals surface area contributed by atoms with Crippen LogP contribution in [0.25, 0.3) is 11.0 Å². The summed E-state index contributed by atoms with van der Waals surface area (Å²) in [4.78, 5) is 48.4. The van der Waals surface area contributed by atoms with Gasteiger partial charge < -0.3 is 19.5 Å². The van der Waals surface area contributed by atoms with Gasteiger partial charge in [-0.1, -0.05) is 6.58 Å². The zero-order valence-electron chi connectivity index (χ0n) is 19.4. The number of ether oxygens (including phenoxy) is 1. The summed E-state index contributed by atoms with van der Waals surface area (Å²) < 4.78 is 7.56. The lowest BCUT2D eigenvalue weighted by atomic mass is 10.1. The van der Waals surface area contributed by atoms with Crippen LogP contribution in [0.3, 0.4) is 0 Å². The molecule has 1 unspecified atom stereocenters. The van der Waals surface area contributed by atoms with Gasteiger partial charge in [0.15, 0.2) is 6.61 Å². The number of fused-ring (bicyclic) bond motifs is 3. The standard InChI is InChI=1S/C25H26N6O4/c1-3-21(33)30-11-5-4-6-17(13-30)31-23-18(7-8-19-22(23)28-20(32)14-35-19)27-25(31)29-24(34)16-9-10-26-15(2)12-16/h3,7-10,12,17H,1,4-6,11,13-14H2,2H3,(H,28,32)(H,27,29,34). The van der Waals surface area contributed by atoms with E-state index in [1.165, 1.54) is 6.08 Å². The normalized spacial score (nSPS) is 17.7. The van der Waals surface area contributed by atoms with Crippen LogP contribution in [0.4, 0.5) is 11.6 Å². The molecule has 4 heterocycles. The third-order valence-corrected chi connectivity index (χ3v) is 6.32. The maximum Gasteiger partial charge on any atom is 0.262 e. The molecular weight excluding hydrogens is 448 g/mol. The molecule has 10 nitrogen and oxygen atoms in total. The molecule has 0 bridgehead atoms. The maximum absolute atomic E-state index is 13.1. The number of benzene rings is 1. The van der Waals surface area contributed by atoms with Crippen LogP contribution in [0, 0.1) is 6.92 Å². The van der Waals surface area contributed by atoms with E-state index in [9.17, 15) is 14.4 Å². The van der Waals surface area contributed by atoms with E-state index in [-0.39, 0.29) is 30.4 Å². The highest BCUT2D eigenvalue weighted by Gasteiger charge is 2.30. The van der Waals surface area contributed by atoms with Crippen LogP contribution >= 0.6 is 0 Å². The van der Waals surface area contributed by atoms with Crippen molar-refractivity contribution in [2.45, 2.75) is 32.2 Å². The SMILES string of the molecule is C=CC(=O)N1CCCCC(n2c(NC(=O)c3ccnc(C)c3)nc3ccc4c(c32)NC(=O)CO4)C1. The molecule has 2 aliphatic rings. The maximum atomic E-state index is 13.1. The Bertz CT molecular complexity index is 1350. The smallest absolute Gasteiger partial charge is 0.262 e. The first-order valence-electron chi connectivity index (χ1n) is 11.6. The third-order valence-electron chi connectivity index (χ3n) is 6.32. The number of aryl methyl sites for hydroxylation is 1. The summed E-state index contributed by atoms with van der Waals surface area (Å²) in [5, 5.41) is 5.85. The fraction of sp³-hybridized carbons (Fsp3) is 0.320. The van der Waals surface area contributed by atoms with Crippen molar-refractivity contribution in [1.82, 2.24) is 19.4 Å². The van der Waals surface area contributed by atoms with Crippen LogP contribution in [0.2, 0.25) is 0 Å². The highest BCUT2D eigenvalue weighted by Crippen LogP contribution is 2.40. The molecule has 35 heavy (non-hydrogen) atoms. The topological polar surface area (TPSA) is 118 Å². The van der Waals surface area contributed by atoms with Crippen molar-refractivity contribution in [3.63, 3.8) is 0 Å². The largest absolute Gasteiger partial charge is 0.481 e. The van der Waals surface area contributed by atoms with Gasteiger partial charge in [0, 0.05) is 30.5 Å². The van der Waals surface area contributed by atoms with E-state index in [2.05, 4.69) is 22.2 Å². The van der Waals surface area contributed by atoms with Gasteiger partial charge in [0.2, 0.25) is 11.9 Å². The monoisotopic (exact) mass is 474 g/mol. The number of hydrogen-bond donors (Lipinski definition) is 2. The van der Waals surface area contributed by atoms with Gasteiger partial charge in [0.25, 0.3) is 11.8 Å². The number of pyridine rings is 1. The average Bonchev–Trinajstić information content (AvgIpc) is 3.04. The second-order valence-corrected chi connectivity index (χ2v) is 8.73. The minimum absolute atomic E-state index is 0.0668. The molecule has 180 valence electrons. The third kappa shape index (κ3) is 4.34. The van der Waals surface area contributed by atoms with Crippen molar-refractivity contribution >= 4 is 40.4 Å². The number of rotatable bonds is 4. The first kappa shape index (κ1) is 22.6. The molecule has 2 N–H and O–H groups in total. The summed E-state index contributed by atoms with van der Waals surface area (Å²) in [5.41, 5.74) is 2.94. The summed E-state index contributed by atoms with van der Waals surface area (Å²) in [5.74, 6) is 0.144. The number of imidazole rings is 1. The van der Waals surface area contributed by atoms with Gasteiger partial charge in [-0.05, 0) is 56.5 Å². The molecular formula is C25H26N6O4. The number of aromatic nitrogens is 3. The fourth-order valence-corrected chi connectivity index (χ4v) is 4.69. The summed E-state index contributed by atoms with van der Waals surface area (Å²) in [6, 6.07) is 6.71. The van der Waals surface area contributed by atoms with Crippen LogP contribution in [0.15, 0.2) is 43.1 Å². The van der Waals surface area contributed by atoms with Gasteiger partial charge in [0.1, 0.15) is 11.4 Å². The van der Waals surface area contributed by atoms with Gasteiger partial charge in [-0.3, -0.25) is 24.7 Å². The minimum atomic E-state index is -0.325. The zero-order chi connectivity index (χ0) is 24.5. The molecule has 0 radical (unpaired) electrons. The number of hydrogen-bond acceptors (Lipinski definition) is 6. The number of carbonyl (C=O) groups is 3. The molecule has 0 spiro atoms. The molecule has 1 saturated heterocycles. The Morgan fingerprint density at radius 1 is 1.29 bits per heavy atom. The summed E-state index contributed by atoms with van der Waals surface area (Å²) in [7, 11) is 0. The van der Waals surface area contributed by atoms with E-state index >= 15 is 0 Å². The summed E-state index contributed by atoms with van der Waals surface area (Å²) in [6.45, 7) is 6.43. The Kier molecular flexibility index (Phi) is 5.94. The van der Waals surface area contributed by atoms with Crippen LogP contribution in [-0.2, 0) is 9.59 Å². The number of carbonyl (C=O) groups excluding carboxylic acids is 3. The fourth-order valence-electron chi connectivity index (χ4n) is 4.69. The lowest BCUT2D eigenvalue weighted by molar-refractivity contribution is -0.126. The van der Waals surface area contributed by atoms with Gasteiger partial charge in [-0.15, -0.1) is 0 Å². The molecule has 1 fully saturated rings. The van der Waals surface area contributed by atoms with Crippen LogP contribution in [0.1, 0.15) is 41.4 Å². The van der Waals surface area contributed by atoms with Gasteiger partial charge >= 0.3 is 0 Å². The predicted octanol–water partition coefficient (Wildman–Crippen LogP) is 3.06. The van der Waals surface area contributed by atoms with Crippen LogP contribution in [0.5, 0.6) is 5.75 Å². The molecule has 5 rings (SSSR count). The van der Waals surface area contributed by atoms with E-state index in [1.807, 2.05) is 11.5 Å². The van der Waals surface area contributed by atoms with Crippen molar-refractivity contribution in [2.75, 3.05) is 30.3 Å². The number of nitrogens with one attached hydrogen (secondary N) is 2. The van der Waals surface area contributed by atoms with Crippen molar-refractivity contribution in [2.24, 2.45) is 0 Å². The highest BCUT2D eigenvalue weighted by molar-refractivity contribution is 6.07. The summed E-state index contributed by atoms with van der Waals surface area (Å²) in [6.07, 6.45) is 5.42. The Hall–Kier alpha value is -4.21. The molecule has 0 saturated carbocycles. The first-order valence-corrected chi connectivity index (χ1v) is 11.6. The average molecular weight is 475 g/mol. The van der Waals surface area contributed by atoms with Crippen molar-refractivity contribution in [3.05, 3.63) is 54.4 Å². The molecule has 0 aliphatic carbocycles. The van der Waals surface area contributed by atoms with Crippen LogP contribution in [-0.4, -0.2) is 56.9 Å². The number of nitrogens with zero attached hydrogens (tertiary/aromatic N) is 4. The van der Waals surface area contributed by atoms with E-state index in [0.717, 1.165) is 25.0 Å². The molecule has 3 aromatic rings. The van der Waals surface area contributed by atoms with Crippen molar-refractivity contribution in [3.8, 4) is 5.75 Å². The highest BCUT2D eigenvalue weighted by atomic mass is 16.5. The molecule has 1 atom stereocenters. The lowest BCUT2D eigenvalue weighted by Gasteiger charge is -2.27. The van der Waals surface area contributed by atoms with E-state index in [0.29, 0.717) is 47.1 Å². The summed E-state index contributed by atoms with van der Waals surface area (Å²) >= 11 is 0. The second-order valence-electron chi connectivity index (χ2n) is 8.73. The Morgan fingerprint density at radius 3 is 2.94 bits per heavy atom. The Labute approximate surface area is 202 Å². The molecule has 1 aromatic carbocycles. The lowest BCUT2D eigenvalue weighted by Crippen LogP contribution is -2.34. The van der Waals surface area contributed by atoms with E-state index < -0.39 is 0 Å².